The number of carbonyl (C=O) groups excluding carboxylic acids is 3. The molecular weight excluding hydrogens is 406 g/mol. The summed E-state index contributed by atoms with van der Waals surface area (Å²) in [6.45, 7) is 3.30. The largest absolute Gasteiger partial charge is 0.464 e. The fraction of sp³-hybridized carbons (Fsp3) is 0.238. The molecule has 2 heterocycles. The van der Waals surface area contributed by atoms with Gasteiger partial charge in [-0.05, 0) is 25.1 Å². The van der Waals surface area contributed by atoms with E-state index in [9.17, 15) is 14.4 Å². The van der Waals surface area contributed by atoms with E-state index in [0.29, 0.717) is 21.1 Å². The van der Waals surface area contributed by atoms with Crippen LogP contribution in [0.1, 0.15) is 24.2 Å². The standard InChI is InChI=1S/C21H21N3O5S/c1-3-28-21(27)17(22-14(2)25)13-23-12-16(15-8-4-5-9-18(15)23)20(26)29-24-11-7-6-10-19(24)30/h4-12,17H,3,13H2,1-2H3,(H,22,25). The first kappa shape index (κ1) is 21.3. The first-order chi connectivity index (χ1) is 14.4. The van der Waals surface area contributed by atoms with E-state index in [0.717, 1.165) is 0 Å². The van der Waals surface area contributed by atoms with Crippen LogP contribution in [-0.4, -0.2) is 39.8 Å². The molecule has 0 spiro atoms. The number of benzene rings is 1. The van der Waals surface area contributed by atoms with Gasteiger partial charge in [0.2, 0.25) is 5.91 Å². The molecular formula is C21H21N3O5S. The molecule has 3 rings (SSSR count). The molecule has 156 valence electrons. The molecule has 0 aliphatic rings. The minimum Gasteiger partial charge on any atom is -0.464 e. The van der Waals surface area contributed by atoms with Crippen LogP contribution in [-0.2, 0) is 20.9 Å². The Morgan fingerprint density at radius 1 is 1.13 bits per heavy atom. The zero-order valence-corrected chi connectivity index (χ0v) is 17.3. The lowest BCUT2D eigenvalue weighted by molar-refractivity contribution is -0.147. The molecule has 1 N–H and O–H groups in total. The number of ether oxygens (including phenoxy) is 1. The number of aromatic nitrogens is 2. The van der Waals surface area contributed by atoms with Crippen molar-refractivity contribution in [1.29, 1.82) is 0 Å². The third-order valence-corrected chi connectivity index (χ3v) is 4.62. The molecule has 2 aromatic heterocycles. The number of amides is 1. The molecule has 30 heavy (non-hydrogen) atoms. The van der Waals surface area contributed by atoms with Crippen LogP contribution in [0.2, 0.25) is 0 Å². The molecule has 9 heteroatoms. The van der Waals surface area contributed by atoms with E-state index in [-0.39, 0.29) is 19.1 Å². The molecule has 1 atom stereocenters. The molecule has 1 unspecified atom stereocenters. The van der Waals surface area contributed by atoms with Gasteiger partial charge in [0.15, 0.2) is 0 Å². The lowest BCUT2D eigenvalue weighted by Crippen LogP contribution is -2.43. The number of fused-ring (bicyclic) bond motifs is 1. The number of rotatable bonds is 7. The smallest absolute Gasteiger partial charge is 0.365 e. The van der Waals surface area contributed by atoms with Gasteiger partial charge in [0.05, 0.1) is 18.7 Å². The maximum Gasteiger partial charge on any atom is 0.365 e. The second-order valence-corrected chi connectivity index (χ2v) is 6.88. The zero-order valence-electron chi connectivity index (χ0n) is 16.5. The maximum atomic E-state index is 12.8. The van der Waals surface area contributed by atoms with Crippen molar-refractivity contribution >= 4 is 41.0 Å². The van der Waals surface area contributed by atoms with E-state index in [1.807, 2.05) is 12.1 Å². The number of carbonyl (C=O) groups is 3. The van der Waals surface area contributed by atoms with E-state index in [2.05, 4.69) is 5.32 Å². The first-order valence-corrected chi connectivity index (χ1v) is 9.73. The molecule has 0 aliphatic carbocycles. The summed E-state index contributed by atoms with van der Waals surface area (Å²) in [6, 6.07) is 11.4. The Morgan fingerprint density at radius 2 is 1.87 bits per heavy atom. The van der Waals surface area contributed by atoms with Crippen molar-refractivity contribution in [2.75, 3.05) is 6.61 Å². The Morgan fingerprint density at radius 3 is 2.57 bits per heavy atom. The van der Waals surface area contributed by atoms with E-state index in [4.69, 9.17) is 21.8 Å². The molecule has 0 saturated heterocycles. The minimum absolute atomic E-state index is 0.0942. The highest BCUT2D eigenvalue weighted by atomic mass is 32.1. The average Bonchev–Trinajstić information content (AvgIpc) is 3.08. The quantitative estimate of drug-likeness (QED) is 0.460. The summed E-state index contributed by atoms with van der Waals surface area (Å²) in [5.74, 6) is -1.51. The summed E-state index contributed by atoms with van der Waals surface area (Å²) in [6.07, 6.45) is 3.14. The average molecular weight is 427 g/mol. The van der Waals surface area contributed by atoms with E-state index in [1.165, 1.54) is 11.7 Å². The summed E-state index contributed by atoms with van der Waals surface area (Å²) >= 11 is 5.16. The van der Waals surface area contributed by atoms with Crippen molar-refractivity contribution in [3.05, 3.63) is 65.1 Å². The monoisotopic (exact) mass is 427 g/mol. The van der Waals surface area contributed by atoms with Crippen LogP contribution >= 0.6 is 12.2 Å². The lowest BCUT2D eigenvalue weighted by atomic mass is 10.2. The highest BCUT2D eigenvalue weighted by Crippen LogP contribution is 2.22. The molecule has 0 radical (unpaired) electrons. The van der Waals surface area contributed by atoms with Gasteiger partial charge in [-0.1, -0.05) is 36.5 Å². The molecule has 1 aromatic carbocycles. The summed E-state index contributed by atoms with van der Waals surface area (Å²) in [4.78, 5) is 42.1. The van der Waals surface area contributed by atoms with Gasteiger partial charge in [-0.25, -0.2) is 9.59 Å². The number of hydrogen-bond acceptors (Lipinski definition) is 6. The van der Waals surface area contributed by atoms with Crippen molar-refractivity contribution in [2.45, 2.75) is 26.4 Å². The summed E-state index contributed by atoms with van der Waals surface area (Å²) in [5.41, 5.74) is 1.02. The third-order valence-electron chi connectivity index (χ3n) is 4.31. The maximum absolute atomic E-state index is 12.8. The highest BCUT2D eigenvalue weighted by Gasteiger charge is 2.24. The first-order valence-electron chi connectivity index (χ1n) is 9.32. The van der Waals surface area contributed by atoms with Crippen LogP contribution in [0, 0.1) is 4.64 Å². The molecule has 1 amide bonds. The van der Waals surface area contributed by atoms with E-state index in [1.54, 1.807) is 54.2 Å². The summed E-state index contributed by atoms with van der Waals surface area (Å²) < 4.78 is 8.34. The number of hydrogen-bond donors (Lipinski definition) is 1. The molecule has 3 aromatic rings. The summed E-state index contributed by atoms with van der Waals surface area (Å²) in [7, 11) is 0. The lowest BCUT2D eigenvalue weighted by Gasteiger charge is -2.17. The van der Waals surface area contributed by atoms with Gasteiger partial charge in [-0.15, -0.1) is 0 Å². The summed E-state index contributed by atoms with van der Waals surface area (Å²) in [5, 5.41) is 3.24. The predicted octanol–water partition coefficient (Wildman–Crippen LogP) is 2.51. The van der Waals surface area contributed by atoms with E-state index < -0.39 is 18.0 Å². The minimum atomic E-state index is -0.898. The van der Waals surface area contributed by atoms with Crippen LogP contribution in [0.3, 0.4) is 0 Å². The van der Waals surface area contributed by atoms with Gasteiger partial charge in [0.1, 0.15) is 10.7 Å². The second-order valence-electron chi connectivity index (χ2n) is 6.46. The normalized spacial score (nSPS) is 11.7. The Labute approximate surface area is 178 Å². The van der Waals surface area contributed by atoms with Gasteiger partial charge in [0.25, 0.3) is 0 Å². The van der Waals surface area contributed by atoms with Crippen LogP contribution in [0.5, 0.6) is 0 Å². The van der Waals surface area contributed by atoms with Crippen LogP contribution in [0.15, 0.2) is 54.9 Å². The number of esters is 1. The van der Waals surface area contributed by atoms with Crippen molar-refractivity contribution in [3.63, 3.8) is 0 Å². The van der Waals surface area contributed by atoms with Gasteiger partial charge >= 0.3 is 11.9 Å². The van der Waals surface area contributed by atoms with Gasteiger partial charge in [0, 0.05) is 30.2 Å². The topological polar surface area (TPSA) is 91.6 Å². The zero-order chi connectivity index (χ0) is 21.7. The Bertz CT molecular complexity index is 1150. The molecule has 0 fully saturated rings. The molecule has 0 aliphatic heterocycles. The molecule has 0 bridgehead atoms. The molecule has 8 nitrogen and oxygen atoms in total. The van der Waals surface area contributed by atoms with Crippen molar-refractivity contribution in [2.24, 2.45) is 0 Å². The Hall–Kier alpha value is -3.46. The Balaban J connectivity index is 1.96. The third kappa shape index (κ3) is 4.74. The highest BCUT2D eigenvalue weighted by molar-refractivity contribution is 7.71. The number of pyridine rings is 1. The van der Waals surface area contributed by atoms with Gasteiger partial charge in [-0.3, -0.25) is 4.79 Å². The predicted molar refractivity (Wildman–Crippen MR) is 112 cm³/mol. The fourth-order valence-corrected chi connectivity index (χ4v) is 3.23. The second kappa shape index (κ2) is 9.36. The van der Waals surface area contributed by atoms with Crippen molar-refractivity contribution in [1.82, 2.24) is 14.6 Å². The van der Waals surface area contributed by atoms with Crippen LogP contribution < -0.4 is 10.2 Å². The van der Waals surface area contributed by atoms with Gasteiger partial charge < -0.3 is 19.5 Å². The van der Waals surface area contributed by atoms with Gasteiger partial charge in [-0.2, -0.15) is 4.73 Å². The number of para-hydroxylation sites is 1. The Kier molecular flexibility index (Phi) is 6.63. The van der Waals surface area contributed by atoms with Crippen LogP contribution in [0.25, 0.3) is 10.9 Å². The van der Waals surface area contributed by atoms with Crippen molar-refractivity contribution in [3.8, 4) is 0 Å². The number of nitrogens with zero attached hydrogens (tertiary/aromatic N) is 2. The van der Waals surface area contributed by atoms with Crippen molar-refractivity contribution < 1.29 is 24.0 Å². The SMILES string of the molecule is CCOC(=O)C(Cn1cc(C(=O)On2ccccc2=S)c2ccccc21)NC(C)=O. The molecule has 0 saturated carbocycles. The van der Waals surface area contributed by atoms with E-state index >= 15 is 0 Å². The fourth-order valence-electron chi connectivity index (χ4n) is 3.05. The van der Waals surface area contributed by atoms with Crippen LogP contribution in [0.4, 0.5) is 0 Å². The number of nitrogens with one attached hydrogen (secondary N) is 1.